The van der Waals surface area contributed by atoms with E-state index >= 15 is 0 Å². The van der Waals surface area contributed by atoms with Crippen molar-refractivity contribution in [1.82, 2.24) is 14.3 Å². The lowest BCUT2D eigenvalue weighted by molar-refractivity contribution is 0.452. The first-order valence-electron chi connectivity index (χ1n) is 6.74. The van der Waals surface area contributed by atoms with E-state index < -0.39 is 10.0 Å². The number of hydrogen-bond donors (Lipinski definition) is 2. The second kappa shape index (κ2) is 5.60. The van der Waals surface area contributed by atoms with Crippen LogP contribution < -0.4 is 10.5 Å². The summed E-state index contributed by atoms with van der Waals surface area (Å²) in [7, 11) is -3.54. The third-order valence-corrected chi connectivity index (χ3v) is 5.20. The summed E-state index contributed by atoms with van der Waals surface area (Å²) in [5.74, 6) is 0.953. The van der Waals surface area contributed by atoms with Gasteiger partial charge >= 0.3 is 0 Å². The molecule has 0 radical (unpaired) electrons. The molecule has 2 unspecified atom stereocenters. The molecule has 2 atom stereocenters. The first kappa shape index (κ1) is 14.5. The molecule has 108 valence electrons. The van der Waals surface area contributed by atoms with E-state index in [2.05, 4.69) is 9.71 Å². The Balaban J connectivity index is 2.17. The SMILES string of the molecule is CCn1cc(S(=O)(=O)NC2CCCC2CN)nc1C. The van der Waals surface area contributed by atoms with Crippen LogP contribution in [0, 0.1) is 12.8 Å². The predicted octanol–water partition coefficient (Wildman–Crippen LogP) is 0.617. The Morgan fingerprint density at radius 1 is 1.53 bits per heavy atom. The minimum atomic E-state index is -3.54. The zero-order chi connectivity index (χ0) is 14.0. The molecule has 1 saturated carbocycles. The van der Waals surface area contributed by atoms with Crippen LogP contribution in [-0.4, -0.2) is 30.6 Å². The van der Waals surface area contributed by atoms with E-state index in [-0.39, 0.29) is 17.0 Å². The van der Waals surface area contributed by atoms with Crippen LogP contribution in [0.5, 0.6) is 0 Å². The van der Waals surface area contributed by atoms with E-state index in [1.807, 2.05) is 11.5 Å². The van der Waals surface area contributed by atoms with Crippen LogP contribution in [0.4, 0.5) is 0 Å². The fourth-order valence-electron chi connectivity index (χ4n) is 2.66. The first-order chi connectivity index (χ1) is 8.97. The van der Waals surface area contributed by atoms with Gasteiger partial charge < -0.3 is 10.3 Å². The Morgan fingerprint density at radius 3 is 2.84 bits per heavy atom. The van der Waals surface area contributed by atoms with Gasteiger partial charge in [0.05, 0.1) is 0 Å². The molecule has 1 aliphatic carbocycles. The minimum Gasteiger partial charge on any atom is -0.334 e. The van der Waals surface area contributed by atoms with Crippen LogP contribution in [0.25, 0.3) is 0 Å². The zero-order valence-electron chi connectivity index (χ0n) is 11.5. The molecule has 1 aromatic rings. The van der Waals surface area contributed by atoms with Crippen molar-refractivity contribution < 1.29 is 8.42 Å². The van der Waals surface area contributed by atoms with Crippen LogP contribution in [0.2, 0.25) is 0 Å². The number of aryl methyl sites for hydroxylation is 2. The summed E-state index contributed by atoms with van der Waals surface area (Å²) in [6.07, 6.45) is 4.46. The number of rotatable bonds is 5. The van der Waals surface area contributed by atoms with Crippen molar-refractivity contribution in [2.24, 2.45) is 11.7 Å². The van der Waals surface area contributed by atoms with Crippen LogP contribution >= 0.6 is 0 Å². The predicted molar refractivity (Wildman–Crippen MR) is 73.1 cm³/mol. The summed E-state index contributed by atoms with van der Waals surface area (Å²) in [4.78, 5) is 4.13. The Bertz CT molecular complexity index is 538. The summed E-state index contributed by atoms with van der Waals surface area (Å²) in [6.45, 7) is 5.00. The smallest absolute Gasteiger partial charge is 0.259 e. The molecular formula is C12H22N4O2S. The van der Waals surface area contributed by atoms with Crippen molar-refractivity contribution in [3.05, 3.63) is 12.0 Å². The Hall–Kier alpha value is -0.920. The van der Waals surface area contributed by atoms with Gasteiger partial charge in [0.2, 0.25) is 0 Å². The molecule has 0 aromatic carbocycles. The quantitative estimate of drug-likeness (QED) is 0.830. The number of imidazole rings is 1. The lowest BCUT2D eigenvalue weighted by Crippen LogP contribution is -2.39. The number of sulfonamides is 1. The molecule has 3 N–H and O–H groups in total. The van der Waals surface area contributed by atoms with E-state index in [1.54, 1.807) is 13.1 Å². The zero-order valence-corrected chi connectivity index (χ0v) is 12.3. The summed E-state index contributed by atoms with van der Waals surface area (Å²) in [5, 5.41) is 0.106. The van der Waals surface area contributed by atoms with Crippen molar-refractivity contribution in [2.45, 2.75) is 50.7 Å². The van der Waals surface area contributed by atoms with Gasteiger partial charge in [0.1, 0.15) is 5.82 Å². The topological polar surface area (TPSA) is 90.0 Å². The van der Waals surface area contributed by atoms with Gasteiger partial charge in [-0.3, -0.25) is 0 Å². The van der Waals surface area contributed by atoms with Gasteiger partial charge in [0.25, 0.3) is 10.0 Å². The maximum atomic E-state index is 12.3. The number of nitrogens with zero attached hydrogens (tertiary/aromatic N) is 2. The van der Waals surface area contributed by atoms with Crippen molar-refractivity contribution in [1.29, 1.82) is 0 Å². The Labute approximate surface area is 114 Å². The number of nitrogens with one attached hydrogen (secondary N) is 1. The third-order valence-electron chi connectivity index (χ3n) is 3.84. The third kappa shape index (κ3) is 2.98. The van der Waals surface area contributed by atoms with Crippen LogP contribution in [-0.2, 0) is 16.6 Å². The van der Waals surface area contributed by atoms with E-state index in [0.717, 1.165) is 19.3 Å². The molecule has 1 aromatic heterocycles. The highest BCUT2D eigenvalue weighted by molar-refractivity contribution is 7.89. The minimum absolute atomic E-state index is 0.0536. The lowest BCUT2D eigenvalue weighted by Gasteiger charge is -2.18. The average Bonchev–Trinajstić information content (AvgIpc) is 2.95. The van der Waals surface area contributed by atoms with E-state index in [9.17, 15) is 8.42 Å². The van der Waals surface area contributed by atoms with Crippen molar-refractivity contribution in [2.75, 3.05) is 6.54 Å². The molecular weight excluding hydrogens is 264 g/mol. The van der Waals surface area contributed by atoms with Gasteiger partial charge in [-0.2, -0.15) is 0 Å². The lowest BCUT2D eigenvalue weighted by atomic mass is 10.1. The molecule has 0 amide bonds. The number of hydrogen-bond acceptors (Lipinski definition) is 4. The van der Waals surface area contributed by atoms with E-state index in [4.69, 9.17) is 5.73 Å². The largest absolute Gasteiger partial charge is 0.334 e. The second-order valence-corrected chi connectivity index (χ2v) is 6.73. The molecule has 1 fully saturated rings. The second-order valence-electron chi connectivity index (χ2n) is 5.07. The fraction of sp³-hybridized carbons (Fsp3) is 0.750. The Morgan fingerprint density at radius 2 is 2.26 bits per heavy atom. The summed E-state index contributed by atoms with van der Waals surface area (Å²) in [5.41, 5.74) is 5.68. The van der Waals surface area contributed by atoms with Gasteiger partial charge in [0.15, 0.2) is 5.03 Å². The monoisotopic (exact) mass is 286 g/mol. The summed E-state index contributed by atoms with van der Waals surface area (Å²) < 4.78 is 29.2. The first-order valence-corrected chi connectivity index (χ1v) is 8.22. The molecule has 0 saturated heterocycles. The maximum Gasteiger partial charge on any atom is 0.259 e. The van der Waals surface area contributed by atoms with Gasteiger partial charge in [-0.1, -0.05) is 6.42 Å². The molecule has 1 aliphatic rings. The molecule has 0 spiro atoms. The Kier molecular flexibility index (Phi) is 4.27. The summed E-state index contributed by atoms with van der Waals surface area (Å²) in [6, 6.07) is -0.0536. The standard InChI is InChI=1S/C12H22N4O2S/c1-3-16-8-12(14-9(16)2)19(17,18)15-11-6-4-5-10(11)7-13/h8,10-11,15H,3-7,13H2,1-2H3. The summed E-state index contributed by atoms with van der Waals surface area (Å²) >= 11 is 0. The molecule has 19 heavy (non-hydrogen) atoms. The number of nitrogens with two attached hydrogens (primary N) is 1. The van der Waals surface area contributed by atoms with E-state index in [1.165, 1.54) is 0 Å². The molecule has 1 heterocycles. The van der Waals surface area contributed by atoms with Gasteiger partial charge in [-0.05, 0) is 39.2 Å². The molecule has 0 aliphatic heterocycles. The van der Waals surface area contributed by atoms with Crippen LogP contribution in [0.15, 0.2) is 11.2 Å². The highest BCUT2D eigenvalue weighted by Gasteiger charge is 2.31. The van der Waals surface area contributed by atoms with Gasteiger partial charge in [-0.15, -0.1) is 0 Å². The van der Waals surface area contributed by atoms with E-state index in [0.29, 0.717) is 18.9 Å². The normalized spacial score (nSPS) is 23.9. The highest BCUT2D eigenvalue weighted by Crippen LogP contribution is 2.26. The maximum absolute atomic E-state index is 12.3. The van der Waals surface area contributed by atoms with Gasteiger partial charge in [0, 0.05) is 18.8 Å². The molecule has 6 nitrogen and oxygen atoms in total. The van der Waals surface area contributed by atoms with Crippen molar-refractivity contribution in [3.8, 4) is 0 Å². The fourth-order valence-corrected chi connectivity index (χ4v) is 4.01. The van der Waals surface area contributed by atoms with Crippen LogP contribution in [0.1, 0.15) is 32.0 Å². The van der Waals surface area contributed by atoms with Crippen molar-refractivity contribution in [3.63, 3.8) is 0 Å². The average molecular weight is 286 g/mol. The molecule has 7 heteroatoms. The van der Waals surface area contributed by atoms with Crippen LogP contribution in [0.3, 0.4) is 0 Å². The highest BCUT2D eigenvalue weighted by atomic mass is 32.2. The van der Waals surface area contributed by atoms with Gasteiger partial charge in [-0.25, -0.2) is 18.1 Å². The molecule has 2 rings (SSSR count). The molecule has 0 bridgehead atoms. The van der Waals surface area contributed by atoms with Crippen molar-refractivity contribution >= 4 is 10.0 Å². The number of aromatic nitrogens is 2.